The summed E-state index contributed by atoms with van der Waals surface area (Å²) in [7, 11) is 0. The van der Waals surface area contributed by atoms with Crippen LogP contribution in [0.25, 0.3) is 0 Å². The average molecular weight is 322 g/mol. The van der Waals surface area contributed by atoms with Crippen molar-refractivity contribution in [3.63, 3.8) is 0 Å². The fourth-order valence-electron chi connectivity index (χ4n) is 2.23. The van der Waals surface area contributed by atoms with Gasteiger partial charge in [0.2, 0.25) is 0 Å². The summed E-state index contributed by atoms with van der Waals surface area (Å²) in [5, 5.41) is 0. The molecule has 0 amide bonds. The largest absolute Gasteiger partial charge is 0.468 e. The lowest BCUT2D eigenvalue weighted by Crippen LogP contribution is -2.03. The summed E-state index contributed by atoms with van der Waals surface area (Å²) in [6, 6.07) is 16.3. The molecule has 2 aromatic carbocycles. The molecule has 0 aliphatic rings. The van der Waals surface area contributed by atoms with E-state index in [2.05, 4.69) is 50.0 Å². The summed E-state index contributed by atoms with van der Waals surface area (Å²) in [5.74, 6) is 7.20. The molecule has 2 nitrogen and oxygen atoms in total. The van der Waals surface area contributed by atoms with Crippen LogP contribution >= 0.6 is 0 Å². The molecule has 0 heterocycles. The standard InChI is InChI=1S/C22H26O2/c1-3-5-6-19-7-9-20(10-8-19)11-12-21-13-15-22(16-14-21)24-18-23-17-4-2/h7-10,13-16H,3-6,17-18H2,1-2H3. The lowest BCUT2D eigenvalue weighted by Gasteiger charge is -2.06. The van der Waals surface area contributed by atoms with Crippen LogP contribution in [0.3, 0.4) is 0 Å². The molecule has 0 N–H and O–H groups in total. The summed E-state index contributed by atoms with van der Waals surface area (Å²) in [6.45, 7) is 5.31. The van der Waals surface area contributed by atoms with Gasteiger partial charge in [0, 0.05) is 11.1 Å². The number of aryl methyl sites for hydroxylation is 1. The summed E-state index contributed by atoms with van der Waals surface area (Å²) in [6.07, 6.45) is 4.61. The molecule has 126 valence electrons. The Bertz CT molecular complexity index is 645. The molecule has 0 atom stereocenters. The Morgan fingerprint density at radius 2 is 1.42 bits per heavy atom. The number of unbranched alkanes of at least 4 members (excludes halogenated alkanes) is 1. The van der Waals surface area contributed by atoms with Crippen LogP contribution in [0.5, 0.6) is 5.75 Å². The molecule has 0 saturated carbocycles. The van der Waals surface area contributed by atoms with Crippen LogP contribution in [-0.2, 0) is 11.2 Å². The van der Waals surface area contributed by atoms with Crippen LogP contribution in [0.2, 0.25) is 0 Å². The average Bonchev–Trinajstić information content (AvgIpc) is 2.64. The molecule has 0 bridgehead atoms. The van der Waals surface area contributed by atoms with E-state index in [1.807, 2.05) is 24.3 Å². The molecule has 2 aromatic rings. The van der Waals surface area contributed by atoms with Gasteiger partial charge in [-0.3, -0.25) is 0 Å². The van der Waals surface area contributed by atoms with Crippen LogP contribution in [0, 0.1) is 11.8 Å². The molecule has 0 radical (unpaired) electrons. The number of ether oxygens (including phenoxy) is 2. The second-order valence-electron chi connectivity index (χ2n) is 5.75. The second-order valence-corrected chi connectivity index (χ2v) is 5.75. The smallest absolute Gasteiger partial charge is 0.189 e. The Kier molecular flexibility index (Phi) is 7.93. The predicted molar refractivity (Wildman–Crippen MR) is 99.2 cm³/mol. The molecule has 0 aliphatic heterocycles. The highest BCUT2D eigenvalue weighted by molar-refractivity contribution is 5.44. The first kappa shape index (κ1) is 18.1. The number of benzene rings is 2. The lowest BCUT2D eigenvalue weighted by molar-refractivity contribution is 0.0157. The van der Waals surface area contributed by atoms with Crippen molar-refractivity contribution in [3.8, 4) is 17.6 Å². The molecular formula is C22H26O2. The van der Waals surface area contributed by atoms with Gasteiger partial charge in [0.15, 0.2) is 6.79 Å². The predicted octanol–water partition coefficient (Wildman–Crippen LogP) is 5.19. The Balaban J connectivity index is 1.88. The Hall–Kier alpha value is -2.24. The monoisotopic (exact) mass is 322 g/mol. The topological polar surface area (TPSA) is 18.5 Å². The van der Waals surface area contributed by atoms with Crippen molar-refractivity contribution in [2.24, 2.45) is 0 Å². The number of rotatable bonds is 8. The molecule has 0 unspecified atom stereocenters. The van der Waals surface area contributed by atoms with Crippen LogP contribution < -0.4 is 4.74 Å². The minimum Gasteiger partial charge on any atom is -0.468 e. The van der Waals surface area contributed by atoms with Gasteiger partial charge in [-0.05, 0) is 61.2 Å². The van der Waals surface area contributed by atoms with E-state index in [0.717, 1.165) is 36.3 Å². The number of hydrogen-bond acceptors (Lipinski definition) is 2. The van der Waals surface area contributed by atoms with E-state index in [1.165, 1.54) is 18.4 Å². The maximum atomic E-state index is 5.50. The van der Waals surface area contributed by atoms with E-state index >= 15 is 0 Å². The summed E-state index contributed by atoms with van der Waals surface area (Å²) in [4.78, 5) is 0. The van der Waals surface area contributed by atoms with Crippen molar-refractivity contribution in [2.45, 2.75) is 39.5 Å². The fraction of sp³-hybridized carbons (Fsp3) is 0.364. The normalized spacial score (nSPS) is 10.1. The molecule has 2 heteroatoms. The zero-order valence-electron chi connectivity index (χ0n) is 14.7. The van der Waals surface area contributed by atoms with Crippen molar-refractivity contribution >= 4 is 0 Å². The van der Waals surface area contributed by atoms with Gasteiger partial charge in [0.05, 0.1) is 6.61 Å². The number of hydrogen-bond donors (Lipinski definition) is 0. The third-order valence-corrected chi connectivity index (χ3v) is 3.64. The SMILES string of the molecule is CCCCc1ccc(C#Cc2ccc(OCOCCC)cc2)cc1. The zero-order valence-corrected chi connectivity index (χ0v) is 14.7. The van der Waals surface area contributed by atoms with E-state index in [1.54, 1.807) is 0 Å². The maximum Gasteiger partial charge on any atom is 0.189 e. The van der Waals surface area contributed by atoms with Crippen LogP contribution in [0.4, 0.5) is 0 Å². The van der Waals surface area contributed by atoms with Gasteiger partial charge in [-0.1, -0.05) is 44.2 Å². The molecule has 2 rings (SSSR count). The Morgan fingerprint density at radius 3 is 2.00 bits per heavy atom. The van der Waals surface area contributed by atoms with Crippen LogP contribution in [-0.4, -0.2) is 13.4 Å². The minimum absolute atomic E-state index is 0.295. The molecule has 0 fully saturated rings. The fourth-order valence-corrected chi connectivity index (χ4v) is 2.23. The van der Waals surface area contributed by atoms with Gasteiger partial charge in [-0.15, -0.1) is 0 Å². The first-order chi connectivity index (χ1) is 11.8. The first-order valence-corrected chi connectivity index (χ1v) is 8.73. The highest BCUT2D eigenvalue weighted by atomic mass is 16.7. The third kappa shape index (κ3) is 6.48. The lowest BCUT2D eigenvalue weighted by atomic mass is 10.1. The van der Waals surface area contributed by atoms with Gasteiger partial charge in [-0.25, -0.2) is 0 Å². The van der Waals surface area contributed by atoms with E-state index in [4.69, 9.17) is 9.47 Å². The molecule has 24 heavy (non-hydrogen) atoms. The van der Waals surface area contributed by atoms with Crippen molar-refractivity contribution in [3.05, 3.63) is 65.2 Å². The zero-order chi connectivity index (χ0) is 17.0. The highest BCUT2D eigenvalue weighted by Crippen LogP contribution is 2.12. The van der Waals surface area contributed by atoms with Gasteiger partial charge in [-0.2, -0.15) is 0 Å². The quantitative estimate of drug-likeness (QED) is 0.378. The molecule has 0 saturated heterocycles. The summed E-state index contributed by atoms with van der Waals surface area (Å²) < 4.78 is 10.8. The minimum atomic E-state index is 0.295. The van der Waals surface area contributed by atoms with Gasteiger partial charge >= 0.3 is 0 Å². The Labute approximate surface area is 145 Å². The van der Waals surface area contributed by atoms with Crippen molar-refractivity contribution in [1.82, 2.24) is 0 Å². The second kappa shape index (κ2) is 10.5. The molecule has 0 spiro atoms. The van der Waals surface area contributed by atoms with E-state index in [9.17, 15) is 0 Å². The van der Waals surface area contributed by atoms with Crippen molar-refractivity contribution in [1.29, 1.82) is 0 Å². The van der Waals surface area contributed by atoms with Gasteiger partial charge < -0.3 is 9.47 Å². The third-order valence-electron chi connectivity index (χ3n) is 3.64. The van der Waals surface area contributed by atoms with E-state index in [0.29, 0.717) is 6.79 Å². The van der Waals surface area contributed by atoms with Crippen LogP contribution in [0.15, 0.2) is 48.5 Å². The summed E-state index contributed by atoms with van der Waals surface area (Å²) in [5.41, 5.74) is 3.41. The van der Waals surface area contributed by atoms with Crippen molar-refractivity contribution in [2.75, 3.05) is 13.4 Å². The van der Waals surface area contributed by atoms with E-state index < -0.39 is 0 Å². The van der Waals surface area contributed by atoms with E-state index in [-0.39, 0.29) is 0 Å². The van der Waals surface area contributed by atoms with Crippen molar-refractivity contribution < 1.29 is 9.47 Å². The highest BCUT2D eigenvalue weighted by Gasteiger charge is 1.95. The summed E-state index contributed by atoms with van der Waals surface area (Å²) >= 11 is 0. The first-order valence-electron chi connectivity index (χ1n) is 8.73. The maximum absolute atomic E-state index is 5.50. The van der Waals surface area contributed by atoms with Crippen LogP contribution in [0.1, 0.15) is 49.8 Å². The molecule has 0 aliphatic carbocycles. The Morgan fingerprint density at radius 1 is 0.792 bits per heavy atom. The molecule has 0 aromatic heterocycles. The van der Waals surface area contributed by atoms with Gasteiger partial charge in [0.25, 0.3) is 0 Å². The molecular weight excluding hydrogens is 296 g/mol. The van der Waals surface area contributed by atoms with Gasteiger partial charge in [0.1, 0.15) is 5.75 Å².